The number of aromatic nitrogens is 2. The lowest BCUT2D eigenvalue weighted by Crippen LogP contribution is -2.44. The maximum atomic E-state index is 4.95. The molecule has 3 aromatic rings. The molecule has 114 valence electrons. The van der Waals surface area contributed by atoms with Gasteiger partial charge in [-0.05, 0) is 34.3 Å². The van der Waals surface area contributed by atoms with E-state index in [9.17, 15) is 0 Å². The number of thioether (sulfide) groups is 1. The highest BCUT2D eigenvalue weighted by Gasteiger charge is 2.26. The Morgan fingerprint density at radius 2 is 1.73 bits per heavy atom. The summed E-state index contributed by atoms with van der Waals surface area (Å²) in [6.07, 6.45) is 2.14. The number of fused-ring (bicyclic) bond motifs is 1. The van der Waals surface area contributed by atoms with Crippen LogP contribution in [-0.2, 0) is 0 Å². The first-order chi connectivity index (χ1) is 10.4. The van der Waals surface area contributed by atoms with Crippen molar-refractivity contribution in [2.45, 2.75) is 24.5 Å². The molecule has 0 saturated heterocycles. The number of halogens is 1. The predicted octanol–water partition coefficient (Wildman–Crippen LogP) is 5.03. The van der Waals surface area contributed by atoms with E-state index in [-0.39, 0.29) is 0 Å². The molecule has 0 atom stereocenters. The Morgan fingerprint density at radius 3 is 2.32 bits per heavy atom. The number of rotatable bonds is 3. The Morgan fingerprint density at radius 1 is 1.05 bits per heavy atom. The molecule has 5 heteroatoms. The molecular weight excluding hydrogens is 372 g/mol. The number of hydrogen-bond donors (Lipinski definition) is 0. The van der Waals surface area contributed by atoms with E-state index in [1.807, 2.05) is 6.07 Å². The molecule has 0 aliphatic heterocycles. The molecule has 0 saturated carbocycles. The number of hydrogen-bond acceptors (Lipinski definition) is 2. The zero-order valence-corrected chi connectivity index (χ0v) is 16.6. The molecule has 0 spiro atoms. The van der Waals surface area contributed by atoms with E-state index in [1.165, 1.54) is 10.2 Å². The van der Waals surface area contributed by atoms with Crippen LogP contribution in [0, 0.1) is 0 Å². The van der Waals surface area contributed by atoms with Crippen molar-refractivity contribution in [2.24, 2.45) is 0 Å². The van der Waals surface area contributed by atoms with Crippen LogP contribution < -0.4 is 5.32 Å². The van der Waals surface area contributed by atoms with Gasteiger partial charge in [-0.3, -0.25) is 0 Å². The van der Waals surface area contributed by atoms with Crippen LogP contribution in [0.4, 0.5) is 0 Å². The summed E-state index contributed by atoms with van der Waals surface area (Å²) >= 11 is 5.57. The van der Waals surface area contributed by atoms with Crippen molar-refractivity contribution >= 4 is 46.6 Å². The van der Waals surface area contributed by atoms with Crippen molar-refractivity contribution in [3.05, 3.63) is 46.9 Å². The average molecular weight is 391 g/mol. The third-order valence-corrected chi connectivity index (χ3v) is 7.31. The van der Waals surface area contributed by atoms with E-state index in [0.717, 1.165) is 21.2 Å². The van der Waals surface area contributed by atoms with Gasteiger partial charge in [-0.1, -0.05) is 50.0 Å². The number of pyridine rings is 1. The standard InChI is InChI=1S/C17H19BrN2SSi/c1-21-14-11-10-13-15(18)16(12-8-6-5-7-9-12)19-20(13)17(14)22(2,3)4/h5-11H,1-4H3. The highest BCUT2D eigenvalue weighted by Crippen LogP contribution is 2.32. The predicted molar refractivity (Wildman–Crippen MR) is 103 cm³/mol. The van der Waals surface area contributed by atoms with E-state index in [1.54, 1.807) is 11.8 Å². The fourth-order valence-electron chi connectivity index (χ4n) is 2.70. The summed E-state index contributed by atoms with van der Waals surface area (Å²) in [5, 5.41) is 6.34. The van der Waals surface area contributed by atoms with Gasteiger partial charge in [0.25, 0.3) is 0 Å². The Hall–Kier alpha value is -1.04. The molecule has 0 aliphatic rings. The van der Waals surface area contributed by atoms with E-state index < -0.39 is 8.07 Å². The van der Waals surface area contributed by atoms with Crippen LogP contribution in [0.5, 0.6) is 0 Å². The molecule has 0 aliphatic carbocycles. The summed E-state index contributed by atoms with van der Waals surface area (Å²) in [6, 6.07) is 14.8. The quantitative estimate of drug-likeness (QED) is 0.460. The van der Waals surface area contributed by atoms with Gasteiger partial charge in [0.05, 0.1) is 9.99 Å². The second kappa shape index (κ2) is 5.87. The van der Waals surface area contributed by atoms with E-state index in [4.69, 9.17) is 5.10 Å². The van der Waals surface area contributed by atoms with Gasteiger partial charge in [-0.15, -0.1) is 11.8 Å². The average Bonchev–Trinajstić information content (AvgIpc) is 2.83. The summed E-state index contributed by atoms with van der Waals surface area (Å²) in [4.78, 5) is 1.33. The first kappa shape index (κ1) is 15.8. The van der Waals surface area contributed by atoms with Crippen LogP contribution in [0.3, 0.4) is 0 Å². The monoisotopic (exact) mass is 390 g/mol. The zero-order valence-electron chi connectivity index (χ0n) is 13.2. The van der Waals surface area contributed by atoms with Gasteiger partial charge in [0.2, 0.25) is 0 Å². The Balaban J connectivity index is 2.35. The van der Waals surface area contributed by atoms with Crippen molar-refractivity contribution in [2.75, 3.05) is 6.26 Å². The molecule has 0 bridgehead atoms. The van der Waals surface area contributed by atoms with Crippen LogP contribution in [0.15, 0.2) is 51.8 Å². The minimum Gasteiger partial charge on any atom is -0.239 e. The maximum Gasteiger partial charge on any atom is 0.108 e. The van der Waals surface area contributed by atoms with E-state index >= 15 is 0 Å². The lowest BCUT2D eigenvalue weighted by atomic mass is 10.1. The Kier molecular flexibility index (Phi) is 4.22. The molecule has 22 heavy (non-hydrogen) atoms. The zero-order chi connectivity index (χ0) is 15.9. The van der Waals surface area contributed by atoms with Gasteiger partial charge >= 0.3 is 0 Å². The van der Waals surface area contributed by atoms with Crippen molar-refractivity contribution in [3.63, 3.8) is 0 Å². The molecule has 0 fully saturated rings. The molecule has 2 nitrogen and oxygen atoms in total. The fourth-order valence-corrected chi connectivity index (χ4v) is 6.64. The van der Waals surface area contributed by atoms with Gasteiger partial charge in [-0.25, -0.2) is 4.52 Å². The smallest absolute Gasteiger partial charge is 0.108 e. The van der Waals surface area contributed by atoms with Crippen molar-refractivity contribution < 1.29 is 0 Å². The lowest BCUT2D eigenvalue weighted by Gasteiger charge is -2.21. The molecule has 2 aromatic heterocycles. The topological polar surface area (TPSA) is 17.3 Å². The normalized spacial score (nSPS) is 12.0. The van der Waals surface area contributed by atoms with Crippen molar-refractivity contribution in [1.82, 2.24) is 9.61 Å². The van der Waals surface area contributed by atoms with Gasteiger partial charge in [0.1, 0.15) is 13.8 Å². The SMILES string of the molecule is CSc1ccc2c(Br)c(-c3ccccc3)nn2c1[Si](C)(C)C. The summed E-state index contributed by atoms with van der Waals surface area (Å²) in [7, 11) is -1.52. The number of benzene rings is 1. The summed E-state index contributed by atoms with van der Waals surface area (Å²) < 4.78 is 3.23. The van der Waals surface area contributed by atoms with Crippen LogP contribution in [0.25, 0.3) is 16.8 Å². The van der Waals surface area contributed by atoms with Gasteiger partial charge in [-0.2, -0.15) is 5.10 Å². The molecule has 0 radical (unpaired) electrons. The second-order valence-corrected chi connectivity index (χ2v) is 12.9. The second-order valence-electron chi connectivity index (χ2n) is 6.33. The molecular formula is C17H19BrN2SSi. The molecule has 1 aromatic carbocycles. The summed E-state index contributed by atoms with van der Waals surface area (Å²) in [5.41, 5.74) is 3.30. The summed E-state index contributed by atoms with van der Waals surface area (Å²) in [5.74, 6) is 0. The van der Waals surface area contributed by atoms with Gasteiger partial charge in [0, 0.05) is 15.8 Å². The van der Waals surface area contributed by atoms with Crippen LogP contribution in [0.2, 0.25) is 19.6 Å². The van der Waals surface area contributed by atoms with Gasteiger partial charge < -0.3 is 0 Å². The molecule has 2 heterocycles. The van der Waals surface area contributed by atoms with Crippen LogP contribution >= 0.6 is 27.7 Å². The highest BCUT2D eigenvalue weighted by atomic mass is 79.9. The Bertz CT molecular complexity index is 822. The fraction of sp³-hybridized carbons (Fsp3) is 0.235. The largest absolute Gasteiger partial charge is 0.239 e. The number of nitrogens with zero attached hydrogens (tertiary/aromatic N) is 2. The summed E-state index contributed by atoms with van der Waals surface area (Å²) in [6.45, 7) is 7.12. The van der Waals surface area contributed by atoms with Crippen molar-refractivity contribution in [3.8, 4) is 11.3 Å². The first-order valence-electron chi connectivity index (χ1n) is 7.24. The molecule has 0 amide bonds. The minimum absolute atomic E-state index is 1.01. The maximum absolute atomic E-state index is 4.95. The third-order valence-electron chi connectivity index (χ3n) is 3.68. The van der Waals surface area contributed by atoms with Gasteiger partial charge in [0.15, 0.2) is 0 Å². The molecule has 0 unspecified atom stereocenters. The first-order valence-corrected chi connectivity index (χ1v) is 12.8. The van der Waals surface area contributed by atoms with Crippen molar-refractivity contribution in [1.29, 1.82) is 0 Å². The van der Waals surface area contributed by atoms with Crippen LogP contribution in [0.1, 0.15) is 0 Å². The lowest BCUT2D eigenvalue weighted by molar-refractivity contribution is 0.973. The van der Waals surface area contributed by atoms with E-state index in [2.05, 4.69) is 82.7 Å². The third kappa shape index (κ3) is 2.66. The van der Waals surface area contributed by atoms with E-state index in [0.29, 0.717) is 0 Å². The Labute approximate surface area is 145 Å². The minimum atomic E-state index is -1.52. The molecule has 0 N–H and O–H groups in total. The van der Waals surface area contributed by atoms with Crippen LogP contribution in [-0.4, -0.2) is 23.9 Å². The molecule has 3 rings (SSSR count). The highest BCUT2D eigenvalue weighted by molar-refractivity contribution is 9.10.